The van der Waals surface area contributed by atoms with Crippen LogP contribution in [0.25, 0.3) is 0 Å². The molecule has 0 aliphatic rings. The van der Waals surface area contributed by atoms with Crippen molar-refractivity contribution in [3.05, 3.63) is 29.8 Å². The number of benzene rings is 1. The molecular formula is C16H26N2O2. The molecule has 0 aromatic heterocycles. The fraction of sp³-hybridized carbons (Fsp3) is 0.562. The molecule has 1 rings (SSSR count). The first kappa shape index (κ1) is 16.5. The van der Waals surface area contributed by atoms with E-state index in [-0.39, 0.29) is 5.91 Å². The number of carbonyl (C=O) groups is 1. The minimum atomic E-state index is 0.0390. The van der Waals surface area contributed by atoms with Gasteiger partial charge in [-0.1, -0.05) is 32.9 Å². The third-order valence-electron chi connectivity index (χ3n) is 2.69. The molecule has 0 aliphatic heterocycles. The molecule has 112 valence electrons. The molecule has 20 heavy (non-hydrogen) atoms. The summed E-state index contributed by atoms with van der Waals surface area (Å²) in [5, 5.41) is 6.02. The number of rotatable bonds is 9. The average Bonchev–Trinajstić information content (AvgIpc) is 2.43. The Morgan fingerprint density at radius 1 is 1.35 bits per heavy atom. The molecule has 0 heterocycles. The van der Waals surface area contributed by atoms with Crippen LogP contribution in [0.15, 0.2) is 24.3 Å². The van der Waals surface area contributed by atoms with E-state index < -0.39 is 0 Å². The van der Waals surface area contributed by atoms with Crippen molar-refractivity contribution in [3.63, 3.8) is 0 Å². The first-order chi connectivity index (χ1) is 9.61. The van der Waals surface area contributed by atoms with E-state index in [0.29, 0.717) is 19.0 Å². The second-order valence-corrected chi connectivity index (χ2v) is 5.30. The topological polar surface area (TPSA) is 50.4 Å². The highest BCUT2D eigenvalue weighted by molar-refractivity contribution is 5.77. The highest BCUT2D eigenvalue weighted by atomic mass is 16.5. The lowest BCUT2D eigenvalue weighted by Crippen LogP contribution is -2.35. The number of amides is 1. The lowest BCUT2D eigenvalue weighted by atomic mass is 10.2. The van der Waals surface area contributed by atoms with Crippen molar-refractivity contribution in [1.82, 2.24) is 10.6 Å². The van der Waals surface area contributed by atoms with Crippen LogP contribution in [0.4, 0.5) is 0 Å². The SMILES string of the molecule is CCCOc1cccc(CNCC(=O)NCC(C)C)c1. The Morgan fingerprint density at radius 2 is 2.15 bits per heavy atom. The molecule has 0 fully saturated rings. The van der Waals surface area contributed by atoms with Gasteiger partial charge in [-0.3, -0.25) is 4.79 Å². The largest absolute Gasteiger partial charge is 0.494 e. The van der Waals surface area contributed by atoms with Crippen LogP contribution < -0.4 is 15.4 Å². The molecule has 1 aromatic carbocycles. The van der Waals surface area contributed by atoms with Gasteiger partial charge in [0, 0.05) is 13.1 Å². The van der Waals surface area contributed by atoms with Crippen LogP contribution in [0.5, 0.6) is 5.75 Å². The number of ether oxygens (including phenoxy) is 1. The van der Waals surface area contributed by atoms with Gasteiger partial charge in [-0.05, 0) is 30.0 Å². The minimum Gasteiger partial charge on any atom is -0.494 e. The van der Waals surface area contributed by atoms with E-state index in [4.69, 9.17) is 4.74 Å². The molecule has 4 heteroatoms. The Balaban J connectivity index is 2.29. The van der Waals surface area contributed by atoms with Crippen LogP contribution in [0.3, 0.4) is 0 Å². The van der Waals surface area contributed by atoms with E-state index in [1.807, 2.05) is 24.3 Å². The van der Waals surface area contributed by atoms with Gasteiger partial charge >= 0.3 is 0 Å². The summed E-state index contributed by atoms with van der Waals surface area (Å²) in [7, 11) is 0. The Morgan fingerprint density at radius 3 is 2.85 bits per heavy atom. The monoisotopic (exact) mass is 278 g/mol. The van der Waals surface area contributed by atoms with Crippen LogP contribution in [0, 0.1) is 5.92 Å². The van der Waals surface area contributed by atoms with E-state index in [1.54, 1.807) is 0 Å². The van der Waals surface area contributed by atoms with Gasteiger partial charge in [0.25, 0.3) is 0 Å². The summed E-state index contributed by atoms with van der Waals surface area (Å²) >= 11 is 0. The van der Waals surface area contributed by atoms with Crippen molar-refractivity contribution >= 4 is 5.91 Å². The molecule has 1 amide bonds. The average molecular weight is 278 g/mol. The molecule has 0 unspecified atom stereocenters. The van der Waals surface area contributed by atoms with Crippen molar-refractivity contribution in [2.45, 2.75) is 33.7 Å². The van der Waals surface area contributed by atoms with E-state index in [1.165, 1.54) is 0 Å². The molecule has 0 saturated heterocycles. The Labute approximate surface area is 121 Å². The van der Waals surface area contributed by atoms with Gasteiger partial charge in [0.05, 0.1) is 13.2 Å². The molecule has 0 atom stereocenters. The molecule has 1 aromatic rings. The summed E-state index contributed by atoms with van der Waals surface area (Å²) in [6.45, 7) is 8.70. The maximum Gasteiger partial charge on any atom is 0.233 e. The van der Waals surface area contributed by atoms with Gasteiger partial charge in [0.15, 0.2) is 0 Å². The summed E-state index contributed by atoms with van der Waals surface area (Å²) in [5.74, 6) is 1.40. The van der Waals surface area contributed by atoms with Crippen molar-refractivity contribution in [3.8, 4) is 5.75 Å². The second-order valence-electron chi connectivity index (χ2n) is 5.30. The predicted molar refractivity (Wildman–Crippen MR) is 81.8 cm³/mol. The first-order valence-corrected chi connectivity index (χ1v) is 7.31. The van der Waals surface area contributed by atoms with Gasteiger partial charge < -0.3 is 15.4 Å². The number of hydrogen-bond donors (Lipinski definition) is 2. The molecule has 0 aliphatic carbocycles. The van der Waals surface area contributed by atoms with Crippen LogP contribution >= 0.6 is 0 Å². The fourth-order valence-corrected chi connectivity index (χ4v) is 1.67. The van der Waals surface area contributed by atoms with Crippen LogP contribution in [0.2, 0.25) is 0 Å². The summed E-state index contributed by atoms with van der Waals surface area (Å²) in [5.41, 5.74) is 1.12. The third kappa shape index (κ3) is 7.14. The lowest BCUT2D eigenvalue weighted by Gasteiger charge is -2.10. The Kier molecular flexibility index (Phi) is 7.73. The summed E-state index contributed by atoms with van der Waals surface area (Å²) in [6.07, 6.45) is 0.999. The predicted octanol–water partition coefficient (Wildman–Crippen LogP) is 2.34. The highest BCUT2D eigenvalue weighted by Crippen LogP contribution is 2.13. The van der Waals surface area contributed by atoms with Crippen molar-refractivity contribution in [1.29, 1.82) is 0 Å². The Bertz CT molecular complexity index is 405. The quantitative estimate of drug-likeness (QED) is 0.729. The number of nitrogens with one attached hydrogen (secondary N) is 2. The second kappa shape index (κ2) is 9.37. The van der Waals surface area contributed by atoms with E-state index in [2.05, 4.69) is 31.4 Å². The molecule has 0 saturated carbocycles. The van der Waals surface area contributed by atoms with E-state index >= 15 is 0 Å². The van der Waals surface area contributed by atoms with Crippen LogP contribution in [-0.4, -0.2) is 25.6 Å². The van der Waals surface area contributed by atoms with Gasteiger partial charge in [-0.25, -0.2) is 0 Å². The zero-order valence-corrected chi connectivity index (χ0v) is 12.7. The molecule has 0 spiro atoms. The molecule has 0 radical (unpaired) electrons. The van der Waals surface area contributed by atoms with Gasteiger partial charge in [0.1, 0.15) is 5.75 Å². The molecule has 2 N–H and O–H groups in total. The third-order valence-corrected chi connectivity index (χ3v) is 2.69. The summed E-state index contributed by atoms with van der Waals surface area (Å²) in [6, 6.07) is 7.96. The smallest absolute Gasteiger partial charge is 0.233 e. The van der Waals surface area contributed by atoms with Gasteiger partial charge in [-0.15, -0.1) is 0 Å². The Hall–Kier alpha value is -1.55. The van der Waals surface area contributed by atoms with Crippen LogP contribution in [0.1, 0.15) is 32.8 Å². The van der Waals surface area contributed by atoms with Gasteiger partial charge in [0.2, 0.25) is 5.91 Å². The zero-order chi connectivity index (χ0) is 14.8. The normalized spacial score (nSPS) is 10.6. The van der Waals surface area contributed by atoms with Crippen molar-refractivity contribution < 1.29 is 9.53 Å². The standard InChI is InChI=1S/C16H26N2O2/c1-4-8-20-15-7-5-6-14(9-15)11-17-12-16(19)18-10-13(2)3/h5-7,9,13,17H,4,8,10-12H2,1-3H3,(H,18,19). The summed E-state index contributed by atoms with van der Waals surface area (Å²) in [4.78, 5) is 11.5. The maximum absolute atomic E-state index is 11.5. The maximum atomic E-state index is 11.5. The van der Waals surface area contributed by atoms with Gasteiger partial charge in [-0.2, -0.15) is 0 Å². The van der Waals surface area contributed by atoms with Crippen molar-refractivity contribution in [2.24, 2.45) is 5.92 Å². The van der Waals surface area contributed by atoms with E-state index in [9.17, 15) is 4.79 Å². The number of carbonyl (C=O) groups excluding carboxylic acids is 1. The van der Waals surface area contributed by atoms with Crippen LogP contribution in [-0.2, 0) is 11.3 Å². The number of hydrogen-bond acceptors (Lipinski definition) is 3. The highest BCUT2D eigenvalue weighted by Gasteiger charge is 2.02. The first-order valence-electron chi connectivity index (χ1n) is 7.31. The minimum absolute atomic E-state index is 0.0390. The zero-order valence-electron chi connectivity index (χ0n) is 12.7. The fourth-order valence-electron chi connectivity index (χ4n) is 1.67. The lowest BCUT2D eigenvalue weighted by molar-refractivity contribution is -0.120. The molecule has 4 nitrogen and oxygen atoms in total. The molecular weight excluding hydrogens is 252 g/mol. The molecule has 0 bridgehead atoms. The van der Waals surface area contributed by atoms with E-state index in [0.717, 1.165) is 30.9 Å². The summed E-state index contributed by atoms with van der Waals surface area (Å²) < 4.78 is 5.58. The van der Waals surface area contributed by atoms with Crippen molar-refractivity contribution in [2.75, 3.05) is 19.7 Å².